The number of rotatable bonds is 6. The summed E-state index contributed by atoms with van der Waals surface area (Å²) in [5.74, 6) is -0.465. The molecule has 1 amide bonds. The van der Waals surface area contributed by atoms with E-state index in [0.717, 1.165) is 0 Å². The third-order valence-corrected chi connectivity index (χ3v) is 3.64. The van der Waals surface area contributed by atoms with Crippen molar-refractivity contribution >= 4 is 40.1 Å². The second-order valence-corrected chi connectivity index (χ2v) is 5.36. The standard InChI is InChI=1S/C11H12N4O3S2/c1-2-18-9(17)7-5-13-11(14-7)20-6-8(16)15-10-12-3-4-19-10/h3-5H,2,6H2,1H3,(H,13,14)(H,12,15,16). The number of H-pyrrole nitrogens is 1. The number of thiazole rings is 1. The van der Waals surface area contributed by atoms with Gasteiger partial charge in [-0.15, -0.1) is 11.3 Å². The zero-order valence-electron chi connectivity index (χ0n) is 10.6. The number of carbonyl (C=O) groups is 2. The van der Waals surface area contributed by atoms with Gasteiger partial charge in [0.1, 0.15) is 5.69 Å². The van der Waals surface area contributed by atoms with Crippen LogP contribution in [0.15, 0.2) is 22.9 Å². The van der Waals surface area contributed by atoms with E-state index in [2.05, 4.69) is 20.3 Å². The molecule has 0 spiro atoms. The second-order valence-electron chi connectivity index (χ2n) is 3.50. The van der Waals surface area contributed by atoms with Gasteiger partial charge in [0, 0.05) is 11.6 Å². The van der Waals surface area contributed by atoms with Gasteiger partial charge < -0.3 is 15.0 Å². The number of amides is 1. The molecule has 0 unspecified atom stereocenters. The van der Waals surface area contributed by atoms with E-state index in [0.29, 0.717) is 16.9 Å². The van der Waals surface area contributed by atoms with Crippen LogP contribution in [0, 0.1) is 0 Å². The number of carbonyl (C=O) groups excluding carboxylic acids is 2. The first-order chi connectivity index (χ1) is 9.69. The topological polar surface area (TPSA) is 97.0 Å². The molecule has 0 aromatic carbocycles. The molecule has 0 saturated heterocycles. The highest BCUT2D eigenvalue weighted by Crippen LogP contribution is 2.16. The van der Waals surface area contributed by atoms with Crippen LogP contribution in [0.25, 0.3) is 0 Å². The molecule has 9 heteroatoms. The number of aromatic amines is 1. The fourth-order valence-electron chi connectivity index (χ4n) is 1.26. The summed E-state index contributed by atoms with van der Waals surface area (Å²) in [6.45, 7) is 2.03. The van der Waals surface area contributed by atoms with E-state index in [1.807, 2.05) is 0 Å². The molecule has 2 rings (SSSR count). The maximum atomic E-state index is 11.6. The zero-order valence-corrected chi connectivity index (χ0v) is 12.2. The van der Waals surface area contributed by atoms with Crippen LogP contribution in [0.1, 0.15) is 17.4 Å². The minimum Gasteiger partial charge on any atom is -0.461 e. The third-order valence-electron chi connectivity index (χ3n) is 2.07. The van der Waals surface area contributed by atoms with Crippen molar-refractivity contribution in [3.05, 3.63) is 23.5 Å². The van der Waals surface area contributed by atoms with Gasteiger partial charge >= 0.3 is 5.97 Å². The lowest BCUT2D eigenvalue weighted by Gasteiger charge is -2.00. The van der Waals surface area contributed by atoms with Crippen molar-refractivity contribution in [3.8, 4) is 0 Å². The van der Waals surface area contributed by atoms with Crippen molar-refractivity contribution in [2.45, 2.75) is 12.1 Å². The molecule has 0 fully saturated rings. The number of imidazole rings is 1. The van der Waals surface area contributed by atoms with E-state index >= 15 is 0 Å². The van der Waals surface area contributed by atoms with Gasteiger partial charge in [-0.1, -0.05) is 11.8 Å². The Labute approximate surface area is 123 Å². The lowest BCUT2D eigenvalue weighted by molar-refractivity contribution is -0.113. The normalized spacial score (nSPS) is 10.2. The number of nitrogens with zero attached hydrogens (tertiary/aromatic N) is 2. The molecule has 7 nitrogen and oxygen atoms in total. The molecule has 0 aliphatic carbocycles. The van der Waals surface area contributed by atoms with Crippen LogP contribution in [0.4, 0.5) is 5.13 Å². The van der Waals surface area contributed by atoms with Crippen molar-refractivity contribution in [1.82, 2.24) is 15.0 Å². The average Bonchev–Trinajstić information content (AvgIpc) is 3.07. The Bertz CT molecular complexity index is 582. The van der Waals surface area contributed by atoms with Crippen LogP contribution in [0.5, 0.6) is 0 Å². The number of nitrogens with one attached hydrogen (secondary N) is 2. The zero-order chi connectivity index (χ0) is 14.4. The fraction of sp³-hybridized carbons (Fsp3) is 0.273. The van der Waals surface area contributed by atoms with Gasteiger partial charge in [-0.05, 0) is 6.92 Å². The van der Waals surface area contributed by atoms with Crippen molar-refractivity contribution < 1.29 is 14.3 Å². The molecule has 0 aliphatic heterocycles. The highest BCUT2D eigenvalue weighted by Gasteiger charge is 2.12. The van der Waals surface area contributed by atoms with Crippen LogP contribution in [-0.4, -0.2) is 39.2 Å². The molecule has 2 N–H and O–H groups in total. The predicted molar refractivity (Wildman–Crippen MR) is 76.0 cm³/mol. The van der Waals surface area contributed by atoms with Gasteiger partial charge in [-0.25, -0.2) is 14.8 Å². The van der Waals surface area contributed by atoms with Crippen molar-refractivity contribution in [2.24, 2.45) is 0 Å². The first-order valence-corrected chi connectivity index (χ1v) is 7.60. The first kappa shape index (κ1) is 14.5. The van der Waals surface area contributed by atoms with Gasteiger partial charge in [0.25, 0.3) is 0 Å². The third kappa shape index (κ3) is 4.07. The molecule has 0 radical (unpaired) electrons. The maximum absolute atomic E-state index is 11.6. The summed E-state index contributed by atoms with van der Waals surface area (Å²) >= 11 is 2.55. The Morgan fingerprint density at radius 1 is 1.50 bits per heavy atom. The predicted octanol–water partition coefficient (Wildman–Crippen LogP) is 1.77. The molecule has 2 aromatic rings. The molecular weight excluding hydrogens is 300 g/mol. The number of aromatic nitrogens is 3. The Kier molecular flexibility index (Phi) is 5.13. The molecule has 0 bridgehead atoms. The van der Waals surface area contributed by atoms with Crippen LogP contribution in [0.2, 0.25) is 0 Å². The number of hydrogen-bond acceptors (Lipinski definition) is 7. The Morgan fingerprint density at radius 3 is 3.05 bits per heavy atom. The molecule has 106 valence electrons. The Morgan fingerprint density at radius 2 is 2.35 bits per heavy atom. The summed E-state index contributed by atoms with van der Waals surface area (Å²) in [6, 6.07) is 0. The largest absolute Gasteiger partial charge is 0.461 e. The van der Waals surface area contributed by atoms with Crippen LogP contribution in [0.3, 0.4) is 0 Å². The van der Waals surface area contributed by atoms with Crippen molar-refractivity contribution in [2.75, 3.05) is 17.7 Å². The van der Waals surface area contributed by atoms with Crippen LogP contribution >= 0.6 is 23.1 Å². The van der Waals surface area contributed by atoms with E-state index in [1.165, 1.54) is 29.3 Å². The number of thioether (sulfide) groups is 1. The summed E-state index contributed by atoms with van der Waals surface area (Å²) in [6.07, 6.45) is 3.00. The highest BCUT2D eigenvalue weighted by atomic mass is 32.2. The second kappa shape index (κ2) is 7.06. The Hall–Kier alpha value is -1.87. The maximum Gasteiger partial charge on any atom is 0.356 e. The fourth-order valence-corrected chi connectivity index (χ4v) is 2.46. The molecule has 0 atom stereocenters. The first-order valence-electron chi connectivity index (χ1n) is 5.73. The molecular formula is C11H12N4O3S2. The minimum absolute atomic E-state index is 0.176. The van der Waals surface area contributed by atoms with Gasteiger partial charge in [0.15, 0.2) is 10.3 Å². The number of esters is 1. The van der Waals surface area contributed by atoms with E-state index in [4.69, 9.17) is 4.74 Å². The van der Waals surface area contributed by atoms with Crippen molar-refractivity contribution in [1.29, 1.82) is 0 Å². The monoisotopic (exact) mass is 312 g/mol. The minimum atomic E-state index is -0.459. The van der Waals surface area contributed by atoms with Gasteiger partial charge in [-0.2, -0.15) is 0 Å². The van der Waals surface area contributed by atoms with Gasteiger partial charge in [-0.3, -0.25) is 4.79 Å². The highest BCUT2D eigenvalue weighted by molar-refractivity contribution is 7.99. The molecule has 2 heterocycles. The molecule has 2 aromatic heterocycles. The van der Waals surface area contributed by atoms with Crippen molar-refractivity contribution in [3.63, 3.8) is 0 Å². The number of ether oxygens (including phenoxy) is 1. The van der Waals surface area contributed by atoms with Crippen LogP contribution in [-0.2, 0) is 9.53 Å². The molecule has 0 aliphatic rings. The summed E-state index contributed by atoms with van der Waals surface area (Å²) in [7, 11) is 0. The Balaban J connectivity index is 1.82. The van der Waals surface area contributed by atoms with Gasteiger partial charge in [0.2, 0.25) is 5.91 Å². The van der Waals surface area contributed by atoms with Gasteiger partial charge in [0.05, 0.1) is 18.6 Å². The van der Waals surface area contributed by atoms with E-state index < -0.39 is 5.97 Å². The number of anilines is 1. The molecule has 20 heavy (non-hydrogen) atoms. The summed E-state index contributed by atoms with van der Waals surface area (Å²) in [5.41, 5.74) is 0.273. The average molecular weight is 312 g/mol. The lowest BCUT2D eigenvalue weighted by Crippen LogP contribution is -2.13. The molecule has 0 saturated carbocycles. The summed E-state index contributed by atoms with van der Waals surface area (Å²) in [5, 5.41) is 5.48. The SMILES string of the molecule is CCOC(=O)c1cnc(SCC(=O)Nc2nccs2)[nH]1. The van der Waals surface area contributed by atoms with E-state index in [1.54, 1.807) is 18.5 Å². The smallest absolute Gasteiger partial charge is 0.356 e. The summed E-state index contributed by atoms with van der Waals surface area (Å²) < 4.78 is 4.83. The summed E-state index contributed by atoms with van der Waals surface area (Å²) in [4.78, 5) is 33.8. The number of hydrogen-bond donors (Lipinski definition) is 2. The van der Waals surface area contributed by atoms with Crippen LogP contribution < -0.4 is 5.32 Å². The van der Waals surface area contributed by atoms with E-state index in [9.17, 15) is 9.59 Å². The lowest BCUT2D eigenvalue weighted by atomic mass is 10.5. The quantitative estimate of drug-likeness (QED) is 0.623. The van der Waals surface area contributed by atoms with E-state index in [-0.39, 0.29) is 17.4 Å².